The molecule has 1 heterocycles. The fourth-order valence-electron chi connectivity index (χ4n) is 0.840. The number of dihydropyridines is 1. The number of methoxy groups -OCH3 is 1. The second-order valence-corrected chi connectivity index (χ2v) is 2.13. The Morgan fingerprint density at radius 3 is 2.89 bits per heavy atom. The van der Waals surface area contributed by atoms with Crippen LogP contribution in [-0.4, -0.2) is 19.9 Å². The van der Waals surface area contributed by atoms with Gasteiger partial charge in [-0.1, -0.05) is 0 Å². The van der Waals surface area contributed by atoms with Crippen LogP contribution in [-0.2, 0) is 4.74 Å². The van der Waals surface area contributed by atoms with Crippen LogP contribution in [0, 0.1) is 0 Å². The number of hydrogen-bond acceptors (Lipinski definition) is 2. The van der Waals surface area contributed by atoms with Crippen LogP contribution in [0.15, 0.2) is 16.3 Å². The molecule has 0 aliphatic carbocycles. The Morgan fingerprint density at radius 2 is 2.44 bits per heavy atom. The van der Waals surface area contributed by atoms with Crippen molar-refractivity contribution in [2.75, 3.05) is 13.7 Å². The fourth-order valence-corrected chi connectivity index (χ4v) is 0.840. The second-order valence-electron chi connectivity index (χ2n) is 2.13. The zero-order valence-corrected chi connectivity index (χ0v) is 5.85. The Bertz CT molecular complexity index is 158. The highest BCUT2D eigenvalue weighted by atomic mass is 16.5. The third-order valence-corrected chi connectivity index (χ3v) is 1.46. The van der Waals surface area contributed by atoms with Gasteiger partial charge < -0.3 is 4.74 Å². The van der Waals surface area contributed by atoms with Gasteiger partial charge in [0, 0.05) is 6.54 Å². The van der Waals surface area contributed by atoms with Gasteiger partial charge in [0.05, 0.1) is 13.3 Å². The van der Waals surface area contributed by atoms with Crippen molar-refractivity contribution < 1.29 is 4.74 Å². The number of aliphatic imine (C=N–C) groups is 1. The summed E-state index contributed by atoms with van der Waals surface area (Å²) < 4.78 is 5.03. The molecule has 0 saturated carbocycles. The van der Waals surface area contributed by atoms with E-state index in [2.05, 4.69) is 11.9 Å². The molecule has 2 heteroatoms. The molecule has 0 fully saturated rings. The first-order chi connectivity index (χ1) is 4.34. The average molecular weight is 125 g/mol. The Hall–Kier alpha value is -0.790. The zero-order valence-electron chi connectivity index (χ0n) is 5.85. The summed E-state index contributed by atoms with van der Waals surface area (Å²) in [7, 11) is 1.68. The summed E-state index contributed by atoms with van der Waals surface area (Å²) in [5.74, 6) is 0.932. The topological polar surface area (TPSA) is 21.6 Å². The Labute approximate surface area is 55.2 Å². The lowest BCUT2D eigenvalue weighted by atomic mass is 10.1. The molecule has 9 heavy (non-hydrogen) atoms. The van der Waals surface area contributed by atoms with Crippen LogP contribution in [0.4, 0.5) is 0 Å². The monoisotopic (exact) mass is 125 g/mol. The molecule has 0 unspecified atom stereocenters. The molecule has 0 atom stereocenters. The van der Waals surface area contributed by atoms with E-state index in [1.165, 1.54) is 5.57 Å². The summed E-state index contributed by atoms with van der Waals surface area (Å²) in [4.78, 5) is 4.07. The lowest BCUT2D eigenvalue weighted by Gasteiger charge is -2.09. The van der Waals surface area contributed by atoms with Gasteiger partial charge >= 0.3 is 0 Å². The summed E-state index contributed by atoms with van der Waals surface area (Å²) in [5.41, 5.74) is 1.30. The van der Waals surface area contributed by atoms with Crippen LogP contribution < -0.4 is 0 Å². The maximum absolute atomic E-state index is 5.03. The number of rotatable bonds is 1. The van der Waals surface area contributed by atoms with Crippen molar-refractivity contribution in [3.63, 3.8) is 0 Å². The normalized spacial score (nSPS) is 18.4. The van der Waals surface area contributed by atoms with Crippen LogP contribution in [0.2, 0.25) is 0 Å². The summed E-state index contributed by atoms with van der Waals surface area (Å²) >= 11 is 0. The summed E-state index contributed by atoms with van der Waals surface area (Å²) in [6.45, 7) is 2.99. The standard InChI is InChI=1S/C7H11NO/c1-6-3-4-8-5-7(6)9-2/h5H,3-4H2,1-2H3. The van der Waals surface area contributed by atoms with E-state index in [-0.39, 0.29) is 0 Å². The summed E-state index contributed by atoms with van der Waals surface area (Å²) in [6, 6.07) is 0. The fraction of sp³-hybridized carbons (Fsp3) is 0.571. The highest BCUT2D eigenvalue weighted by molar-refractivity contribution is 5.77. The largest absolute Gasteiger partial charge is 0.495 e. The molecule has 0 spiro atoms. The minimum Gasteiger partial charge on any atom is -0.495 e. The number of hydrogen-bond donors (Lipinski definition) is 0. The van der Waals surface area contributed by atoms with E-state index in [1.54, 1.807) is 13.3 Å². The van der Waals surface area contributed by atoms with Gasteiger partial charge in [0.25, 0.3) is 0 Å². The minimum absolute atomic E-state index is 0.915. The van der Waals surface area contributed by atoms with Crippen molar-refractivity contribution in [2.24, 2.45) is 4.99 Å². The predicted octanol–water partition coefficient (Wildman–Crippen LogP) is 1.38. The molecule has 0 aromatic heterocycles. The van der Waals surface area contributed by atoms with Gasteiger partial charge in [-0.25, -0.2) is 0 Å². The molecule has 0 radical (unpaired) electrons. The lowest BCUT2D eigenvalue weighted by molar-refractivity contribution is 0.310. The smallest absolute Gasteiger partial charge is 0.135 e. The molecular weight excluding hydrogens is 114 g/mol. The van der Waals surface area contributed by atoms with Gasteiger partial charge in [-0.05, 0) is 18.9 Å². The van der Waals surface area contributed by atoms with Crippen LogP contribution in [0.1, 0.15) is 13.3 Å². The molecule has 1 rings (SSSR count). The zero-order chi connectivity index (χ0) is 6.69. The van der Waals surface area contributed by atoms with E-state index in [1.807, 2.05) is 0 Å². The first kappa shape index (κ1) is 6.33. The predicted molar refractivity (Wildman–Crippen MR) is 37.7 cm³/mol. The molecule has 2 nitrogen and oxygen atoms in total. The van der Waals surface area contributed by atoms with Gasteiger partial charge in [-0.3, -0.25) is 4.99 Å². The van der Waals surface area contributed by atoms with E-state index in [0.717, 1.165) is 18.7 Å². The van der Waals surface area contributed by atoms with E-state index in [4.69, 9.17) is 4.74 Å². The molecule has 0 aromatic rings. The Kier molecular flexibility index (Phi) is 1.88. The van der Waals surface area contributed by atoms with Gasteiger partial charge in [-0.15, -0.1) is 0 Å². The molecule has 50 valence electrons. The van der Waals surface area contributed by atoms with Crippen molar-refractivity contribution >= 4 is 6.21 Å². The highest BCUT2D eigenvalue weighted by Gasteiger charge is 2.02. The SMILES string of the molecule is COC1=C(C)CCN=C1. The van der Waals surface area contributed by atoms with Crippen molar-refractivity contribution in [1.82, 2.24) is 0 Å². The van der Waals surface area contributed by atoms with Gasteiger partial charge in [0.15, 0.2) is 0 Å². The summed E-state index contributed by atoms with van der Waals surface area (Å²) in [6.07, 6.45) is 2.83. The van der Waals surface area contributed by atoms with E-state index in [0.29, 0.717) is 0 Å². The molecule has 1 aliphatic rings. The van der Waals surface area contributed by atoms with E-state index >= 15 is 0 Å². The highest BCUT2D eigenvalue weighted by Crippen LogP contribution is 2.10. The third-order valence-electron chi connectivity index (χ3n) is 1.46. The van der Waals surface area contributed by atoms with Crippen molar-refractivity contribution in [1.29, 1.82) is 0 Å². The Morgan fingerprint density at radius 1 is 1.67 bits per heavy atom. The molecule has 0 amide bonds. The van der Waals surface area contributed by atoms with Crippen molar-refractivity contribution in [3.05, 3.63) is 11.3 Å². The minimum atomic E-state index is 0.915. The number of allylic oxidation sites excluding steroid dienone is 1. The third kappa shape index (κ3) is 1.31. The van der Waals surface area contributed by atoms with Crippen LogP contribution in [0.25, 0.3) is 0 Å². The second kappa shape index (κ2) is 2.67. The average Bonchev–Trinajstić information content (AvgIpc) is 1.89. The quantitative estimate of drug-likeness (QED) is 0.518. The molecule has 0 aromatic carbocycles. The van der Waals surface area contributed by atoms with Gasteiger partial charge in [0.1, 0.15) is 5.76 Å². The van der Waals surface area contributed by atoms with Crippen LogP contribution in [0.5, 0.6) is 0 Å². The first-order valence-corrected chi connectivity index (χ1v) is 3.08. The Balaban J connectivity index is 2.72. The maximum atomic E-state index is 5.03. The molecule has 0 N–H and O–H groups in total. The maximum Gasteiger partial charge on any atom is 0.135 e. The number of nitrogens with zero attached hydrogens (tertiary/aromatic N) is 1. The van der Waals surface area contributed by atoms with Gasteiger partial charge in [-0.2, -0.15) is 0 Å². The van der Waals surface area contributed by atoms with E-state index in [9.17, 15) is 0 Å². The molecule has 0 saturated heterocycles. The first-order valence-electron chi connectivity index (χ1n) is 3.08. The molecule has 0 bridgehead atoms. The van der Waals surface area contributed by atoms with Crippen LogP contribution >= 0.6 is 0 Å². The molecule has 1 aliphatic heterocycles. The number of ether oxygens (including phenoxy) is 1. The van der Waals surface area contributed by atoms with Crippen molar-refractivity contribution in [3.8, 4) is 0 Å². The van der Waals surface area contributed by atoms with Crippen LogP contribution in [0.3, 0.4) is 0 Å². The van der Waals surface area contributed by atoms with Gasteiger partial charge in [0.2, 0.25) is 0 Å². The molecular formula is C7H11NO. The lowest BCUT2D eigenvalue weighted by Crippen LogP contribution is -2.01. The summed E-state index contributed by atoms with van der Waals surface area (Å²) in [5, 5.41) is 0. The van der Waals surface area contributed by atoms with Crippen molar-refractivity contribution in [2.45, 2.75) is 13.3 Å². The van der Waals surface area contributed by atoms with E-state index < -0.39 is 0 Å².